The molecule has 0 rings (SSSR count). The van der Waals surface area contributed by atoms with Crippen molar-refractivity contribution in [2.75, 3.05) is 27.7 Å². The third kappa shape index (κ3) is 38.4. The molecule has 0 aromatic rings. The molecule has 0 heterocycles. The summed E-state index contributed by atoms with van der Waals surface area (Å²) in [7, 11) is 6.16. The second kappa shape index (κ2) is 37.2. The Hall–Kier alpha value is -3.71. The number of nitrogens with zero attached hydrogens (tertiary/aromatic N) is 1. The van der Waals surface area contributed by atoms with Gasteiger partial charge in [0.2, 0.25) is 5.91 Å². The van der Waals surface area contributed by atoms with E-state index < -0.39 is 24.0 Å². The van der Waals surface area contributed by atoms with Gasteiger partial charge in [0, 0.05) is 6.42 Å². The summed E-state index contributed by atoms with van der Waals surface area (Å²) in [5.41, 5.74) is 0. The molecule has 310 valence electrons. The molecule has 0 saturated heterocycles. The summed E-state index contributed by atoms with van der Waals surface area (Å²) in [5, 5.41) is 12.4. The molecule has 0 spiro atoms. The van der Waals surface area contributed by atoms with Gasteiger partial charge in [-0.3, -0.25) is 9.59 Å². The first kappa shape index (κ1) is 51.3. The van der Waals surface area contributed by atoms with E-state index in [4.69, 9.17) is 4.74 Å². The van der Waals surface area contributed by atoms with Crippen molar-refractivity contribution in [3.8, 4) is 0 Å². The lowest BCUT2D eigenvalue weighted by Crippen LogP contribution is -2.43. The minimum atomic E-state index is -1.04. The van der Waals surface area contributed by atoms with E-state index in [1.165, 1.54) is 19.3 Å². The predicted molar refractivity (Wildman–Crippen MR) is 234 cm³/mol. The van der Waals surface area contributed by atoms with Gasteiger partial charge < -0.3 is 19.6 Å². The Kier molecular flexibility index (Phi) is 34.7. The van der Waals surface area contributed by atoms with E-state index in [9.17, 15) is 19.5 Å². The molecule has 2 N–H and O–H groups in total. The topological polar surface area (TPSA) is 92.7 Å². The van der Waals surface area contributed by atoms with Gasteiger partial charge in [0.1, 0.15) is 12.1 Å². The first-order valence-electron chi connectivity index (χ1n) is 21.3. The molecule has 1 amide bonds. The summed E-state index contributed by atoms with van der Waals surface area (Å²) in [4.78, 5) is 37.7. The number of hydrogen-bond donors (Lipinski definition) is 2. The zero-order valence-electron chi connectivity index (χ0n) is 35.5. The summed E-state index contributed by atoms with van der Waals surface area (Å²) in [5.74, 6) is -1.75. The molecule has 2 atom stereocenters. The van der Waals surface area contributed by atoms with E-state index in [0.29, 0.717) is 25.7 Å². The van der Waals surface area contributed by atoms with Crippen molar-refractivity contribution >= 4 is 17.8 Å². The highest BCUT2D eigenvalue weighted by molar-refractivity contribution is 5.84. The molecule has 55 heavy (non-hydrogen) atoms. The van der Waals surface area contributed by atoms with Crippen LogP contribution in [0.4, 0.5) is 0 Å². The number of quaternary nitrogens is 1. The number of hydrogen-bond acceptors (Lipinski definition) is 4. The maximum absolute atomic E-state index is 13.0. The van der Waals surface area contributed by atoms with Crippen molar-refractivity contribution in [3.05, 3.63) is 97.2 Å². The lowest BCUT2D eigenvalue weighted by atomic mass is 10.1. The quantitative estimate of drug-likeness (QED) is 0.0290. The summed E-state index contributed by atoms with van der Waals surface area (Å²) in [6.07, 6.45) is 51.9. The molecule has 0 bridgehead atoms. The van der Waals surface area contributed by atoms with E-state index in [1.54, 1.807) is 0 Å². The van der Waals surface area contributed by atoms with Crippen LogP contribution in [0.3, 0.4) is 0 Å². The average Bonchev–Trinajstić information content (AvgIpc) is 3.13. The van der Waals surface area contributed by atoms with Crippen LogP contribution in [0.25, 0.3) is 0 Å². The summed E-state index contributed by atoms with van der Waals surface area (Å²) in [6.45, 7) is 5.17. The van der Waals surface area contributed by atoms with Gasteiger partial charge in [-0.1, -0.05) is 124 Å². The molecule has 7 heteroatoms. The number of esters is 1. The molecule has 0 aliphatic heterocycles. The lowest BCUT2D eigenvalue weighted by Gasteiger charge is -2.25. The van der Waals surface area contributed by atoms with E-state index in [2.05, 4.69) is 138 Å². The van der Waals surface area contributed by atoms with Gasteiger partial charge in [0.15, 0.2) is 0 Å². The highest BCUT2D eigenvalue weighted by atomic mass is 16.5. The van der Waals surface area contributed by atoms with Crippen LogP contribution in [-0.4, -0.2) is 67.3 Å². The molecule has 0 aromatic heterocycles. The van der Waals surface area contributed by atoms with E-state index in [0.717, 1.165) is 88.1 Å². The van der Waals surface area contributed by atoms with Crippen molar-refractivity contribution < 1.29 is 28.7 Å². The molecule has 7 nitrogen and oxygen atoms in total. The summed E-state index contributed by atoms with van der Waals surface area (Å²) >= 11 is 0. The Bertz CT molecular complexity index is 1220. The monoisotopic (exact) mass is 764 g/mol. The highest BCUT2D eigenvalue weighted by Gasteiger charge is 2.24. The van der Waals surface area contributed by atoms with Crippen LogP contribution in [0.2, 0.25) is 0 Å². The average molecular weight is 764 g/mol. The van der Waals surface area contributed by atoms with E-state index in [-0.39, 0.29) is 18.8 Å². The number of unbranched alkanes of at least 4 members (excludes halogenated alkanes) is 6. The van der Waals surface area contributed by atoms with Crippen molar-refractivity contribution in [3.63, 3.8) is 0 Å². The number of carboxylic acids is 1. The minimum Gasteiger partial charge on any atom is -0.480 e. The molecule has 0 aliphatic carbocycles. The first-order chi connectivity index (χ1) is 26.6. The lowest BCUT2D eigenvalue weighted by molar-refractivity contribution is -0.870. The Balaban J connectivity index is 4.75. The number of ether oxygens (including phenoxy) is 1. The number of carbonyl (C=O) groups excluding carboxylic acids is 2. The Morgan fingerprint density at radius 1 is 0.582 bits per heavy atom. The third-order valence-electron chi connectivity index (χ3n) is 8.74. The van der Waals surface area contributed by atoms with Gasteiger partial charge >= 0.3 is 11.9 Å². The summed E-state index contributed by atoms with van der Waals surface area (Å²) < 4.78 is 6.53. The standard InChI is InChI=1S/C48H78N2O5/c1-6-8-10-12-14-16-18-20-22-23-25-27-29-31-33-35-37-41-47(52)55-44(43-46(51)49-45(48(53)54)40-38-42-50(3,4)5)39-36-34-32-30-28-26-24-21-19-17-15-13-11-9-7-2/h8,10,14-17,20-22,24-25,27-28,30-31,33,44-45H,6-7,9,11-13,18-19,23,26,29,32,34-43H2,1-5H3,(H-,49,51,53,54)/p+1/b10-8-,16-14-,17-15-,22-20-,24-21-,27-25-,30-28-,33-31-/t44-,45-/m0/s1. The van der Waals surface area contributed by atoms with Gasteiger partial charge in [0.05, 0.1) is 34.1 Å². The molecule has 0 fully saturated rings. The van der Waals surface area contributed by atoms with Crippen LogP contribution < -0.4 is 5.32 Å². The molecule has 0 aliphatic rings. The van der Waals surface area contributed by atoms with Crippen molar-refractivity contribution in [1.29, 1.82) is 0 Å². The van der Waals surface area contributed by atoms with E-state index >= 15 is 0 Å². The van der Waals surface area contributed by atoms with Crippen molar-refractivity contribution in [2.24, 2.45) is 0 Å². The molecule has 0 unspecified atom stereocenters. The fourth-order valence-corrected chi connectivity index (χ4v) is 5.59. The third-order valence-corrected chi connectivity index (χ3v) is 8.74. The number of carboxylic acid groups (broad SMARTS) is 1. The van der Waals surface area contributed by atoms with Crippen LogP contribution in [0.15, 0.2) is 97.2 Å². The van der Waals surface area contributed by atoms with Gasteiger partial charge in [-0.05, 0) is 109 Å². The Morgan fingerprint density at radius 3 is 1.49 bits per heavy atom. The smallest absolute Gasteiger partial charge is 0.326 e. The predicted octanol–water partition coefficient (Wildman–Crippen LogP) is 11.9. The molecular formula is C48H79N2O5+. The minimum absolute atomic E-state index is 0.0344. The van der Waals surface area contributed by atoms with Crippen LogP contribution in [-0.2, 0) is 19.1 Å². The van der Waals surface area contributed by atoms with Gasteiger partial charge in [-0.2, -0.15) is 0 Å². The second-order valence-corrected chi connectivity index (χ2v) is 15.2. The molecule has 0 saturated carbocycles. The highest BCUT2D eigenvalue weighted by Crippen LogP contribution is 2.14. The fraction of sp³-hybridized carbons (Fsp3) is 0.604. The SMILES string of the molecule is CC/C=C\C/C=C\C/C=C\C/C=C\C/C=C\CCCC(=O)O[C@@H](CCCC/C=C\C/C=C\C/C=C\CCCCC)CC(=O)N[C@@H](CCC[N+](C)(C)C)C(=O)O. The number of aliphatic carboxylic acids is 1. The second-order valence-electron chi connectivity index (χ2n) is 15.2. The molecule has 0 radical (unpaired) electrons. The van der Waals surface area contributed by atoms with Gasteiger partial charge in [-0.25, -0.2) is 4.79 Å². The molecular weight excluding hydrogens is 685 g/mol. The maximum Gasteiger partial charge on any atom is 0.326 e. The number of carbonyl (C=O) groups is 3. The van der Waals surface area contributed by atoms with Crippen LogP contribution in [0.1, 0.15) is 149 Å². The van der Waals surface area contributed by atoms with Gasteiger partial charge in [0.25, 0.3) is 0 Å². The number of nitrogens with one attached hydrogen (secondary N) is 1. The van der Waals surface area contributed by atoms with Crippen LogP contribution in [0, 0.1) is 0 Å². The Labute approximate surface area is 336 Å². The summed E-state index contributed by atoms with van der Waals surface area (Å²) in [6, 6.07) is -0.958. The largest absolute Gasteiger partial charge is 0.480 e. The normalized spacial score (nSPS) is 14.0. The molecule has 0 aromatic carbocycles. The van der Waals surface area contributed by atoms with Crippen LogP contribution >= 0.6 is 0 Å². The van der Waals surface area contributed by atoms with Crippen molar-refractivity contribution in [1.82, 2.24) is 5.32 Å². The fourth-order valence-electron chi connectivity index (χ4n) is 5.59. The zero-order valence-corrected chi connectivity index (χ0v) is 35.5. The number of amides is 1. The first-order valence-corrected chi connectivity index (χ1v) is 21.3. The van der Waals surface area contributed by atoms with E-state index in [1.807, 2.05) is 0 Å². The van der Waals surface area contributed by atoms with Crippen molar-refractivity contribution in [2.45, 2.75) is 161 Å². The number of rotatable bonds is 35. The van der Waals surface area contributed by atoms with Gasteiger partial charge in [-0.15, -0.1) is 0 Å². The number of allylic oxidation sites excluding steroid dienone is 16. The maximum atomic E-state index is 13.0. The van der Waals surface area contributed by atoms with Crippen LogP contribution in [0.5, 0.6) is 0 Å². The zero-order chi connectivity index (χ0) is 40.7. The Morgan fingerprint density at radius 2 is 1.04 bits per heavy atom.